The molecule has 0 bridgehead atoms. The first-order valence-corrected chi connectivity index (χ1v) is 7.45. The smallest absolute Gasteiger partial charge is 0.407 e. The molecule has 20 heavy (non-hydrogen) atoms. The Kier molecular flexibility index (Phi) is 5.99. The first-order chi connectivity index (χ1) is 9.84. The minimum absolute atomic E-state index is 0.304. The van der Waals surface area contributed by atoms with Gasteiger partial charge in [-0.3, -0.25) is 0 Å². The second kappa shape index (κ2) is 8.27. The molecule has 0 unspecified atom stereocenters. The van der Waals surface area contributed by atoms with E-state index < -0.39 is 0 Å². The minimum Gasteiger partial charge on any atom is -0.445 e. The largest absolute Gasteiger partial charge is 0.445 e. The van der Waals surface area contributed by atoms with Crippen LogP contribution in [0.25, 0.3) is 0 Å². The van der Waals surface area contributed by atoms with Gasteiger partial charge in [0.15, 0.2) is 0 Å². The molecule has 3 nitrogen and oxygen atoms in total. The second-order valence-electron chi connectivity index (χ2n) is 4.15. The van der Waals surface area contributed by atoms with E-state index in [4.69, 9.17) is 4.74 Å². The summed E-state index contributed by atoms with van der Waals surface area (Å²) in [5.74, 6) is 0.824. The topological polar surface area (TPSA) is 38.3 Å². The van der Waals surface area contributed by atoms with Gasteiger partial charge in [0.2, 0.25) is 0 Å². The summed E-state index contributed by atoms with van der Waals surface area (Å²) in [5.41, 5.74) is 0.987. The maximum Gasteiger partial charge on any atom is 0.407 e. The van der Waals surface area contributed by atoms with E-state index in [2.05, 4.69) is 17.4 Å². The van der Waals surface area contributed by atoms with Crippen molar-refractivity contribution in [3.8, 4) is 0 Å². The number of hydrogen-bond acceptors (Lipinski definition) is 3. The normalized spacial score (nSPS) is 10.0. The quantitative estimate of drug-likeness (QED) is 0.650. The summed E-state index contributed by atoms with van der Waals surface area (Å²) in [7, 11) is 0. The molecule has 0 atom stereocenters. The van der Waals surface area contributed by atoms with Crippen LogP contribution in [-0.2, 0) is 11.3 Å². The van der Waals surface area contributed by atoms with Gasteiger partial charge in [0.1, 0.15) is 6.61 Å². The third-order valence-electron chi connectivity index (χ3n) is 2.60. The first kappa shape index (κ1) is 14.5. The molecule has 0 radical (unpaired) electrons. The molecule has 2 aromatic carbocycles. The van der Waals surface area contributed by atoms with Crippen molar-refractivity contribution in [3.05, 3.63) is 66.2 Å². The summed E-state index contributed by atoms with van der Waals surface area (Å²) in [6.07, 6.45) is -0.373. The molecule has 0 spiro atoms. The van der Waals surface area contributed by atoms with Crippen molar-refractivity contribution in [2.24, 2.45) is 0 Å². The Labute approximate surface area is 123 Å². The molecule has 0 saturated heterocycles. The van der Waals surface area contributed by atoms with E-state index in [9.17, 15) is 4.79 Å². The molecule has 0 aliphatic rings. The molecule has 104 valence electrons. The van der Waals surface area contributed by atoms with E-state index >= 15 is 0 Å². The fourth-order valence-corrected chi connectivity index (χ4v) is 2.40. The van der Waals surface area contributed by atoms with Gasteiger partial charge in [0, 0.05) is 17.2 Å². The van der Waals surface area contributed by atoms with Gasteiger partial charge in [0.25, 0.3) is 0 Å². The van der Waals surface area contributed by atoms with E-state index in [1.54, 1.807) is 11.8 Å². The van der Waals surface area contributed by atoms with Crippen LogP contribution in [0.2, 0.25) is 0 Å². The Hall–Kier alpha value is -1.94. The van der Waals surface area contributed by atoms with Crippen molar-refractivity contribution in [1.82, 2.24) is 5.32 Å². The molecule has 2 aromatic rings. The van der Waals surface area contributed by atoms with Crippen molar-refractivity contribution >= 4 is 17.9 Å². The molecule has 4 heteroatoms. The number of ether oxygens (including phenoxy) is 1. The number of nitrogens with one attached hydrogen (secondary N) is 1. The summed E-state index contributed by atoms with van der Waals surface area (Å²) in [6.45, 7) is 0.895. The number of benzene rings is 2. The van der Waals surface area contributed by atoms with Crippen LogP contribution in [0.4, 0.5) is 4.79 Å². The van der Waals surface area contributed by atoms with Gasteiger partial charge in [-0.25, -0.2) is 4.79 Å². The predicted molar refractivity (Wildman–Crippen MR) is 81.8 cm³/mol. The van der Waals surface area contributed by atoms with Gasteiger partial charge in [-0.1, -0.05) is 48.5 Å². The van der Waals surface area contributed by atoms with Crippen molar-refractivity contribution in [2.45, 2.75) is 11.5 Å². The van der Waals surface area contributed by atoms with Gasteiger partial charge in [-0.2, -0.15) is 0 Å². The van der Waals surface area contributed by atoms with Crippen LogP contribution in [0, 0.1) is 0 Å². The van der Waals surface area contributed by atoms with Crippen LogP contribution in [0.1, 0.15) is 5.56 Å². The average molecular weight is 287 g/mol. The van der Waals surface area contributed by atoms with Crippen molar-refractivity contribution in [3.63, 3.8) is 0 Å². The summed E-state index contributed by atoms with van der Waals surface area (Å²) >= 11 is 1.71. The van der Waals surface area contributed by atoms with Crippen LogP contribution in [-0.4, -0.2) is 18.4 Å². The van der Waals surface area contributed by atoms with Crippen molar-refractivity contribution in [2.75, 3.05) is 12.3 Å². The molecular weight excluding hydrogens is 270 g/mol. The Morgan fingerprint density at radius 2 is 1.65 bits per heavy atom. The van der Waals surface area contributed by atoms with Crippen molar-refractivity contribution in [1.29, 1.82) is 0 Å². The molecule has 0 aromatic heterocycles. The van der Waals surface area contributed by atoms with Crippen LogP contribution in [0.3, 0.4) is 0 Å². The van der Waals surface area contributed by atoms with Crippen LogP contribution < -0.4 is 5.32 Å². The fraction of sp³-hybridized carbons (Fsp3) is 0.188. The zero-order valence-corrected chi connectivity index (χ0v) is 11.9. The number of hydrogen-bond donors (Lipinski definition) is 1. The van der Waals surface area contributed by atoms with E-state index in [1.807, 2.05) is 48.5 Å². The van der Waals surface area contributed by atoms with Gasteiger partial charge in [-0.15, -0.1) is 11.8 Å². The molecule has 2 rings (SSSR count). The molecule has 1 amide bonds. The van der Waals surface area contributed by atoms with E-state index in [1.165, 1.54) is 4.90 Å². The lowest BCUT2D eigenvalue weighted by Gasteiger charge is -2.07. The Morgan fingerprint density at radius 3 is 2.35 bits per heavy atom. The summed E-state index contributed by atoms with van der Waals surface area (Å²) in [6, 6.07) is 19.7. The van der Waals surface area contributed by atoms with E-state index in [0.717, 1.165) is 11.3 Å². The Morgan fingerprint density at radius 1 is 1.00 bits per heavy atom. The maximum atomic E-state index is 11.5. The van der Waals surface area contributed by atoms with E-state index in [-0.39, 0.29) is 6.09 Å². The molecule has 1 N–H and O–H groups in total. The lowest BCUT2D eigenvalue weighted by atomic mass is 10.2. The van der Waals surface area contributed by atoms with Gasteiger partial charge in [-0.05, 0) is 17.7 Å². The lowest BCUT2D eigenvalue weighted by molar-refractivity contribution is 0.140. The van der Waals surface area contributed by atoms with Gasteiger partial charge >= 0.3 is 6.09 Å². The number of thioether (sulfide) groups is 1. The summed E-state index contributed by atoms with van der Waals surface area (Å²) in [5, 5.41) is 2.74. The number of amides is 1. The SMILES string of the molecule is O=C(NCCSc1ccccc1)OCc1ccccc1. The number of carbonyl (C=O) groups is 1. The maximum absolute atomic E-state index is 11.5. The van der Waals surface area contributed by atoms with Crippen LogP contribution >= 0.6 is 11.8 Å². The number of rotatable bonds is 6. The van der Waals surface area contributed by atoms with Crippen LogP contribution in [0.15, 0.2) is 65.6 Å². The zero-order valence-electron chi connectivity index (χ0n) is 11.1. The highest BCUT2D eigenvalue weighted by atomic mass is 32.2. The third-order valence-corrected chi connectivity index (χ3v) is 3.61. The Bertz CT molecular complexity index is 517. The molecule has 0 fully saturated rings. The Balaban J connectivity index is 1.59. The van der Waals surface area contributed by atoms with Crippen LogP contribution in [0.5, 0.6) is 0 Å². The fourth-order valence-electron chi connectivity index (χ4n) is 1.61. The summed E-state index contributed by atoms with van der Waals surface area (Å²) in [4.78, 5) is 12.7. The highest BCUT2D eigenvalue weighted by Crippen LogP contribution is 2.15. The number of alkyl carbamates (subject to hydrolysis) is 1. The third kappa shape index (κ3) is 5.36. The standard InChI is InChI=1S/C16H17NO2S/c18-16(19-13-14-7-3-1-4-8-14)17-11-12-20-15-9-5-2-6-10-15/h1-10H,11-13H2,(H,17,18). The molecule has 0 saturated carbocycles. The molecule has 0 aliphatic heterocycles. The average Bonchev–Trinajstić information content (AvgIpc) is 2.52. The summed E-state index contributed by atoms with van der Waals surface area (Å²) < 4.78 is 5.12. The monoisotopic (exact) mass is 287 g/mol. The zero-order chi connectivity index (χ0) is 14.0. The highest BCUT2D eigenvalue weighted by molar-refractivity contribution is 7.99. The minimum atomic E-state index is -0.373. The van der Waals surface area contributed by atoms with Gasteiger partial charge in [0.05, 0.1) is 0 Å². The number of carbonyl (C=O) groups excluding carboxylic acids is 1. The van der Waals surface area contributed by atoms with E-state index in [0.29, 0.717) is 13.2 Å². The molecular formula is C16H17NO2S. The molecule has 0 heterocycles. The van der Waals surface area contributed by atoms with Gasteiger partial charge < -0.3 is 10.1 Å². The predicted octanol–water partition coefficient (Wildman–Crippen LogP) is 3.71. The first-order valence-electron chi connectivity index (χ1n) is 6.47. The van der Waals surface area contributed by atoms with Crippen molar-refractivity contribution < 1.29 is 9.53 Å². The highest BCUT2D eigenvalue weighted by Gasteiger charge is 2.01. The second-order valence-corrected chi connectivity index (χ2v) is 5.32. The lowest BCUT2D eigenvalue weighted by Crippen LogP contribution is -2.26. The molecule has 0 aliphatic carbocycles.